The first-order valence-corrected chi connectivity index (χ1v) is 8.92. The van der Waals surface area contributed by atoms with Gasteiger partial charge in [0, 0.05) is 6.54 Å². The molecule has 1 heterocycles. The molecular formula is C15H22N2O3S. The van der Waals surface area contributed by atoms with Crippen LogP contribution in [0.15, 0.2) is 24.3 Å². The minimum atomic E-state index is -3.53. The molecule has 21 heavy (non-hydrogen) atoms. The Morgan fingerprint density at radius 3 is 2.76 bits per heavy atom. The number of nitrogens with one attached hydrogen (secondary N) is 1. The molecule has 0 bridgehead atoms. The van der Waals surface area contributed by atoms with Gasteiger partial charge in [0.15, 0.2) is 0 Å². The van der Waals surface area contributed by atoms with Crippen LogP contribution in [0.5, 0.6) is 0 Å². The molecule has 1 amide bonds. The van der Waals surface area contributed by atoms with Crippen molar-refractivity contribution >= 4 is 15.9 Å². The van der Waals surface area contributed by atoms with E-state index in [2.05, 4.69) is 17.7 Å². The van der Waals surface area contributed by atoms with Gasteiger partial charge in [-0.2, -0.15) is 0 Å². The van der Waals surface area contributed by atoms with Crippen molar-refractivity contribution in [3.05, 3.63) is 35.4 Å². The van der Waals surface area contributed by atoms with Crippen molar-refractivity contribution in [3.63, 3.8) is 0 Å². The monoisotopic (exact) mass is 310 g/mol. The molecule has 5 nitrogen and oxygen atoms in total. The van der Waals surface area contributed by atoms with Gasteiger partial charge in [0.05, 0.1) is 6.04 Å². The van der Waals surface area contributed by atoms with Gasteiger partial charge >= 0.3 is 0 Å². The summed E-state index contributed by atoms with van der Waals surface area (Å²) < 4.78 is 25.4. The number of carbonyl (C=O) groups is 1. The first-order chi connectivity index (χ1) is 9.98. The summed E-state index contributed by atoms with van der Waals surface area (Å²) in [5, 5.41) is 0. The molecule has 6 heteroatoms. The van der Waals surface area contributed by atoms with E-state index in [9.17, 15) is 13.2 Å². The van der Waals surface area contributed by atoms with Gasteiger partial charge in [0.1, 0.15) is 5.75 Å². The fraction of sp³-hybridized carbons (Fsp3) is 0.533. The summed E-state index contributed by atoms with van der Waals surface area (Å²) in [6.45, 7) is 2.66. The van der Waals surface area contributed by atoms with Crippen LogP contribution in [0, 0.1) is 0 Å². The number of sulfonamides is 1. The van der Waals surface area contributed by atoms with E-state index in [1.807, 2.05) is 18.2 Å². The number of amides is 1. The number of rotatable bonds is 5. The van der Waals surface area contributed by atoms with Crippen molar-refractivity contribution < 1.29 is 13.2 Å². The molecule has 0 saturated carbocycles. The van der Waals surface area contributed by atoms with Crippen molar-refractivity contribution in [3.8, 4) is 0 Å². The lowest BCUT2D eigenvalue weighted by molar-refractivity contribution is -0.131. The second-order valence-corrected chi connectivity index (χ2v) is 7.23. The third kappa shape index (κ3) is 3.63. The Bertz CT molecular complexity index is 613. The molecule has 0 aromatic heterocycles. The predicted octanol–water partition coefficient (Wildman–Crippen LogP) is 1.46. The van der Waals surface area contributed by atoms with Gasteiger partial charge in [-0.3, -0.25) is 4.79 Å². The Hall–Kier alpha value is -1.40. The number of hydrogen-bond donors (Lipinski definition) is 1. The molecule has 0 unspecified atom stereocenters. The highest BCUT2D eigenvalue weighted by atomic mass is 32.2. The average molecular weight is 310 g/mol. The number of fused-ring (bicyclic) bond motifs is 1. The van der Waals surface area contributed by atoms with Crippen molar-refractivity contribution in [1.29, 1.82) is 0 Å². The lowest BCUT2D eigenvalue weighted by atomic mass is 9.90. The molecule has 0 radical (unpaired) electrons. The number of benzene rings is 1. The van der Waals surface area contributed by atoms with Crippen LogP contribution in [0.1, 0.15) is 36.9 Å². The molecular weight excluding hydrogens is 288 g/mol. The Kier molecular flexibility index (Phi) is 5.00. The maximum absolute atomic E-state index is 12.4. The van der Waals surface area contributed by atoms with E-state index in [1.54, 1.807) is 4.90 Å². The van der Waals surface area contributed by atoms with Crippen LogP contribution in [0.3, 0.4) is 0 Å². The summed E-state index contributed by atoms with van der Waals surface area (Å²) in [7, 11) is -2.19. The second-order valence-electron chi connectivity index (χ2n) is 5.30. The van der Waals surface area contributed by atoms with Crippen LogP contribution in [0.4, 0.5) is 0 Å². The number of carbonyl (C=O) groups excluding carboxylic acids is 1. The normalized spacial score (nSPS) is 18.4. The van der Waals surface area contributed by atoms with Gasteiger partial charge in [-0.1, -0.05) is 37.6 Å². The van der Waals surface area contributed by atoms with Gasteiger partial charge in [-0.25, -0.2) is 13.1 Å². The Morgan fingerprint density at radius 2 is 2.10 bits per heavy atom. The van der Waals surface area contributed by atoms with Crippen molar-refractivity contribution in [2.24, 2.45) is 0 Å². The lowest BCUT2D eigenvalue weighted by Crippen LogP contribution is -2.44. The zero-order chi connectivity index (χ0) is 15.5. The average Bonchev–Trinajstić information content (AvgIpc) is 2.47. The predicted molar refractivity (Wildman–Crippen MR) is 82.4 cm³/mol. The highest BCUT2D eigenvalue weighted by molar-refractivity contribution is 7.90. The summed E-state index contributed by atoms with van der Waals surface area (Å²) in [5.41, 5.74) is 2.41. The highest BCUT2D eigenvalue weighted by Crippen LogP contribution is 2.33. The minimum Gasteiger partial charge on any atom is -0.334 e. The quantitative estimate of drug-likeness (QED) is 0.895. The summed E-state index contributed by atoms with van der Waals surface area (Å²) >= 11 is 0. The minimum absolute atomic E-state index is 0.0143. The largest absolute Gasteiger partial charge is 0.334 e. The van der Waals surface area contributed by atoms with Crippen molar-refractivity contribution in [2.75, 3.05) is 19.3 Å². The molecule has 1 aliphatic heterocycles. The molecule has 116 valence electrons. The molecule has 1 aromatic rings. The van der Waals surface area contributed by atoms with Gasteiger partial charge in [0.2, 0.25) is 15.9 Å². The fourth-order valence-electron chi connectivity index (χ4n) is 2.85. The van der Waals surface area contributed by atoms with Gasteiger partial charge in [0.25, 0.3) is 0 Å². The number of nitrogens with zero attached hydrogens (tertiary/aromatic N) is 1. The van der Waals surface area contributed by atoms with Gasteiger partial charge in [-0.05, 0) is 31.0 Å². The van der Waals surface area contributed by atoms with Crippen LogP contribution >= 0.6 is 0 Å². The highest BCUT2D eigenvalue weighted by Gasteiger charge is 2.31. The maximum atomic E-state index is 12.4. The molecule has 0 aliphatic carbocycles. The SMILES string of the molecule is CCC[C@@H]1c2ccccc2CCN1C(=O)CS(=O)(=O)NC. The summed E-state index contributed by atoms with van der Waals surface area (Å²) in [4.78, 5) is 14.1. The summed E-state index contributed by atoms with van der Waals surface area (Å²) in [6, 6.07) is 8.09. The summed E-state index contributed by atoms with van der Waals surface area (Å²) in [5.74, 6) is -0.802. The molecule has 1 aromatic carbocycles. The maximum Gasteiger partial charge on any atom is 0.239 e. The summed E-state index contributed by atoms with van der Waals surface area (Å²) in [6.07, 6.45) is 2.58. The van der Waals surface area contributed by atoms with Crippen molar-refractivity contribution in [2.45, 2.75) is 32.2 Å². The van der Waals surface area contributed by atoms with Gasteiger partial charge < -0.3 is 4.90 Å². The van der Waals surface area contributed by atoms with Crippen molar-refractivity contribution in [1.82, 2.24) is 9.62 Å². The van der Waals surface area contributed by atoms with E-state index in [0.29, 0.717) is 6.54 Å². The van der Waals surface area contributed by atoms with E-state index in [0.717, 1.165) is 24.8 Å². The first-order valence-electron chi connectivity index (χ1n) is 7.27. The van der Waals surface area contributed by atoms with Gasteiger partial charge in [-0.15, -0.1) is 0 Å². The Balaban J connectivity index is 2.26. The molecule has 0 saturated heterocycles. The third-order valence-electron chi connectivity index (χ3n) is 3.92. The van der Waals surface area contributed by atoms with E-state index in [4.69, 9.17) is 0 Å². The molecule has 1 atom stereocenters. The lowest BCUT2D eigenvalue weighted by Gasteiger charge is -2.37. The zero-order valence-corrected chi connectivity index (χ0v) is 13.3. The fourth-order valence-corrected chi connectivity index (χ4v) is 3.49. The molecule has 1 aliphatic rings. The Morgan fingerprint density at radius 1 is 1.38 bits per heavy atom. The van der Waals surface area contributed by atoms with Crippen LogP contribution in [0.25, 0.3) is 0 Å². The smallest absolute Gasteiger partial charge is 0.239 e. The first kappa shape index (κ1) is 16.0. The topological polar surface area (TPSA) is 66.5 Å². The molecule has 0 spiro atoms. The molecule has 1 N–H and O–H groups in total. The van der Waals surface area contributed by atoms with Crippen LogP contribution in [0.2, 0.25) is 0 Å². The molecule has 2 rings (SSSR count). The van der Waals surface area contributed by atoms with E-state index in [-0.39, 0.29) is 11.9 Å². The van der Waals surface area contributed by atoms with Crippen LogP contribution < -0.4 is 4.72 Å². The van der Waals surface area contributed by atoms with E-state index in [1.165, 1.54) is 12.6 Å². The third-order valence-corrected chi connectivity index (χ3v) is 5.17. The van der Waals surface area contributed by atoms with Crippen LogP contribution in [-0.2, 0) is 21.2 Å². The van der Waals surface area contributed by atoms with Crippen LogP contribution in [-0.4, -0.2) is 38.6 Å². The van der Waals surface area contributed by atoms with E-state index < -0.39 is 15.8 Å². The van der Waals surface area contributed by atoms with E-state index >= 15 is 0 Å². The second kappa shape index (κ2) is 6.58. The standard InChI is InChI=1S/C15H22N2O3S/c1-3-6-14-13-8-5-4-7-12(13)9-10-17(14)15(18)11-21(19,20)16-2/h4-5,7-8,14,16H,3,6,9-11H2,1-2H3/t14-/m1/s1. The Labute approximate surface area is 126 Å². The zero-order valence-electron chi connectivity index (χ0n) is 12.5. The number of hydrogen-bond acceptors (Lipinski definition) is 3. The molecule has 0 fully saturated rings.